The Hall–Kier alpha value is -0.970. The molecule has 0 bridgehead atoms. The van der Waals surface area contributed by atoms with Crippen molar-refractivity contribution in [2.45, 2.75) is 25.3 Å². The maximum absolute atomic E-state index is 6.18. The molecule has 94 valence electrons. The Labute approximate surface area is 115 Å². The standard InChI is InChI=1S/C13H14ClN3S/c1-15-7-10-11(8-4-5-8)17-13(18-10)12-9(14)3-2-6-16-12/h2-3,6,8,15H,4-5,7H2,1H3. The van der Waals surface area contributed by atoms with Gasteiger partial charge in [0, 0.05) is 23.5 Å². The highest BCUT2D eigenvalue weighted by molar-refractivity contribution is 7.15. The van der Waals surface area contributed by atoms with Gasteiger partial charge in [-0.2, -0.15) is 0 Å². The van der Waals surface area contributed by atoms with Gasteiger partial charge in [-0.25, -0.2) is 4.98 Å². The molecule has 0 radical (unpaired) electrons. The maximum Gasteiger partial charge on any atom is 0.143 e. The van der Waals surface area contributed by atoms with Crippen molar-refractivity contribution in [3.8, 4) is 10.7 Å². The normalized spacial score (nSPS) is 15.0. The predicted octanol–water partition coefficient (Wildman–Crippen LogP) is 3.46. The third-order valence-electron chi connectivity index (χ3n) is 2.99. The summed E-state index contributed by atoms with van der Waals surface area (Å²) in [5.41, 5.74) is 2.04. The van der Waals surface area contributed by atoms with E-state index in [1.165, 1.54) is 23.4 Å². The van der Waals surface area contributed by atoms with E-state index in [0.717, 1.165) is 17.2 Å². The monoisotopic (exact) mass is 279 g/mol. The van der Waals surface area contributed by atoms with Crippen LogP contribution in [0.3, 0.4) is 0 Å². The molecule has 5 heteroatoms. The lowest BCUT2D eigenvalue weighted by molar-refractivity contribution is 0.813. The minimum atomic E-state index is 0.654. The lowest BCUT2D eigenvalue weighted by Gasteiger charge is -1.97. The van der Waals surface area contributed by atoms with E-state index in [1.807, 2.05) is 19.2 Å². The number of thiazole rings is 1. The number of nitrogens with one attached hydrogen (secondary N) is 1. The van der Waals surface area contributed by atoms with Gasteiger partial charge < -0.3 is 5.32 Å². The van der Waals surface area contributed by atoms with Gasteiger partial charge in [-0.1, -0.05) is 11.6 Å². The van der Waals surface area contributed by atoms with Crippen LogP contribution in [0.1, 0.15) is 29.3 Å². The molecule has 18 heavy (non-hydrogen) atoms. The molecule has 3 nitrogen and oxygen atoms in total. The Bertz CT molecular complexity index is 563. The van der Waals surface area contributed by atoms with Crippen LogP contribution < -0.4 is 5.32 Å². The largest absolute Gasteiger partial charge is 0.315 e. The first-order chi connectivity index (χ1) is 8.79. The zero-order valence-corrected chi connectivity index (χ0v) is 11.7. The Morgan fingerprint density at radius 2 is 2.33 bits per heavy atom. The number of hydrogen-bond acceptors (Lipinski definition) is 4. The first-order valence-corrected chi connectivity index (χ1v) is 7.24. The number of nitrogens with zero attached hydrogens (tertiary/aromatic N) is 2. The predicted molar refractivity (Wildman–Crippen MR) is 75.1 cm³/mol. The number of pyridine rings is 1. The van der Waals surface area contributed by atoms with Gasteiger partial charge >= 0.3 is 0 Å². The molecule has 2 aromatic heterocycles. The van der Waals surface area contributed by atoms with Crippen molar-refractivity contribution in [1.82, 2.24) is 15.3 Å². The fourth-order valence-corrected chi connectivity index (χ4v) is 3.41. The van der Waals surface area contributed by atoms with Crippen LogP contribution in [0.2, 0.25) is 5.02 Å². The average molecular weight is 280 g/mol. The Morgan fingerprint density at radius 3 is 3.00 bits per heavy atom. The molecule has 0 spiro atoms. The first kappa shape index (κ1) is 12.1. The lowest BCUT2D eigenvalue weighted by atomic mass is 10.2. The van der Waals surface area contributed by atoms with Gasteiger partial charge in [0.05, 0.1) is 10.7 Å². The van der Waals surface area contributed by atoms with E-state index in [1.54, 1.807) is 17.5 Å². The summed E-state index contributed by atoms with van der Waals surface area (Å²) in [6.45, 7) is 0.869. The van der Waals surface area contributed by atoms with Gasteiger partial charge in [0.15, 0.2) is 0 Å². The Balaban J connectivity index is 2.02. The summed E-state index contributed by atoms with van der Waals surface area (Å²) in [5.74, 6) is 0.654. The van der Waals surface area contributed by atoms with Gasteiger partial charge in [-0.05, 0) is 32.0 Å². The molecule has 1 aliphatic rings. The Kier molecular flexibility index (Phi) is 3.33. The van der Waals surface area contributed by atoms with E-state index in [0.29, 0.717) is 10.9 Å². The molecule has 3 rings (SSSR count). The molecule has 0 amide bonds. The summed E-state index contributed by atoms with van der Waals surface area (Å²) in [5, 5.41) is 4.81. The average Bonchev–Trinajstić information content (AvgIpc) is 3.13. The smallest absolute Gasteiger partial charge is 0.143 e. The third kappa shape index (κ3) is 2.28. The van der Waals surface area contributed by atoms with Crippen LogP contribution in [0.4, 0.5) is 0 Å². The lowest BCUT2D eigenvalue weighted by Crippen LogP contribution is -2.05. The topological polar surface area (TPSA) is 37.8 Å². The number of aromatic nitrogens is 2. The van der Waals surface area contributed by atoms with Crippen LogP contribution in [0.15, 0.2) is 18.3 Å². The molecule has 1 aliphatic carbocycles. The van der Waals surface area contributed by atoms with Crippen molar-refractivity contribution in [3.63, 3.8) is 0 Å². The number of halogens is 1. The molecule has 2 heterocycles. The van der Waals surface area contributed by atoms with Crippen LogP contribution in [0.5, 0.6) is 0 Å². The number of rotatable bonds is 4. The van der Waals surface area contributed by atoms with E-state index in [4.69, 9.17) is 16.6 Å². The summed E-state index contributed by atoms with van der Waals surface area (Å²) in [7, 11) is 1.96. The summed E-state index contributed by atoms with van der Waals surface area (Å²) in [4.78, 5) is 10.4. The van der Waals surface area contributed by atoms with E-state index < -0.39 is 0 Å². The molecule has 0 aliphatic heterocycles. The SMILES string of the molecule is CNCc1sc(-c2ncccc2Cl)nc1C1CC1. The van der Waals surface area contributed by atoms with E-state index in [9.17, 15) is 0 Å². The van der Waals surface area contributed by atoms with Gasteiger partial charge in [0.2, 0.25) is 0 Å². The fraction of sp³-hybridized carbons (Fsp3) is 0.385. The van der Waals surface area contributed by atoms with Crippen LogP contribution in [-0.2, 0) is 6.54 Å². The molecule has 0 saturated heterocycles. The molecule has 0 atom stereocenters. The number of hydrogen-bond donors (Lipinski definition) is 1. The molecule has 1 fully saturated rings. The van der Waals surface area contributed by atoms with E-state index >= 15 is 0 Å². The highest BCUT2D eigenvalue weighted by Gasteiger charge is 2.30. The second-order valence-corrected chi connectivity index (χ2v) is 5.96. The van der Waals surface area contributed by atoms with Crippen LogP contribution >= 0.6 is 22.9 Å². The molecular formula is C13H14ClN3S. The molecule has 1 N–H and O–H groups in total. The minimum Gasteiger partial charge on any atom is -0.315 e. The highest BCUT2D eigenvalue weighted by Crippen LogP contribution is 2.44. The summed E-state index contributed by atoms with van der Waals surface area (Å²) in [6.07, 6.45) is 4.28. The second kappa shape index (κ2) is 4.96. The van der Waals surface area contributed by atoms with Gasteiger partial charge in [-0.15, -0.1) is 11.3 Å². The minimum absolute atomic E-state index is 0.654. The third-order valence-corrected chi connectivity index (χ3v) is 4.37. The van der Waals surface area contributed by atoms with E-state index in [2.05, 4.69) is 10.3 Å². The van der Waals surface area contributed by atoms with E-state index in [-0.39, 0.29) is 0 Å². The van der Waals surface area contributed by atoms with Crippen molar-refractivity contribution < 1.29 is 0 Å². The fourth-order valence-electron chi connectivity index (χ4n) is 1.97. The first-order valence-electron chi connectivity index (χ1n) is 6.04. The Morgan fingerprint density at radius 1 is 1.50 bits per heavy atom. The van der Waals surface area contributed by atoms with Gasteiger partial charge in [0.25, 0.3) is 0 Å². The van der Waals surface area contributed by atoms with Crippen molar-refractivity contribution in [1.29, 1.82) is 0 Å². The van der Waals surface area contributed by atoms with Crippen LogP contribution in [-0.4, -0.2) is 17.0 Å². The van der Waals surface area contributed by atoms with Crippen molar-refractivity contribution in [2.75, 3.05) is 7.05 Å². The van der Waals surface area contributed by atoms with Gasteiger partial charge in [0.1, 0.15) is 10.7 Å². The molecule has 0 aromatic carbocycles. The molecule has 2 aromatic rings. The molecular weight excluding hydrogens is 266 g/mol. The molecule has 1 saturated carbocycles. The van der Waals surface area contributed by atoms with Crippen molar-refractivity contribution in [3.05, 3.63) is 33.9 Å². The van der Waals surface area contributed by atoms with Gasteiger partial charge in [-0.3, -0.25) is 4.98 Å². The summed E-state index contributed by atoms with van der Waals surface area (Å²) < 4.78 is 0. The van der Waals surface area contributed by atoms with Crippen LogP contribution in [0, 0.1) is 0 Å². The zero-order valence-electron chi connectivity index (χ0n) is 10.1. The van der Waals surface area contributed by atoms with Crippen molar-refractivity contribution >= 4 is 22.9 Å². The quantitative estimate of drug-likeness (QED) is 0.931. The second-order valence-electron chi connectivity index (χ2n) is 4.47. The summed E-state index contributed by atoms with van der Waals surface area (Å²) in [6, 6.07) is 3.70. The van der Waals surface area contributed by atoms with Crippen molar-refractivity contribution in [2.24, 2.45) is 0 Å². The van der Waals surface area contributed by atoms with Crippen LogP contribution in [0.25, 0.3) is 10.7 Å². The highest BCUT2D eigenvalue weighted by atomic mass is 35.5. The summed E-state index contributed by atoms with van der Waals surface area (Å²) >= 11 is 7.88. The molecule has 0 unspecified atom stereocenters. The zero-order chi connectivity index (χ0) is 12.5. The maximum atomic E-state index is 6.18.